The third-order valence-electron chi connectivity index (χ3n) is 3.84. The molecule has 2 heterocycles. The smallest absolute Gasteiger partial charge is 0.118 e. The molecule has 5 heteroatoms. The zero-order valence-electron chi connectivity index (χ0n) is 14.9. The number of ether oxygens (including phenoxy) is 2. The van der Waals surface area contributed by atoms with Crippen molar-refractivity contribution in [3.05, 3.63) is 23.7 Å². The SMILES string of the molecule is Cc1ccc(CN(C[C@H](O)COC(C)(C)C)C[C@H]2CCCO2)o1. The highest BCUT2D eigenvalue weighted by molar-refractivity contribution is 5.05. The van der Waals surface area contributed by atoms with Crippen LogP contribution < -0.4 is 0 Å². The van der Waals surface area contributed by atoms with Gasteiger partial charge < -0.3 is 19.0 Å². The van der Waals surface area contributed by atoms with Gasteiger partial charge >= 0.3 is 0 Å². The van der Waals surface area contributed by atoms with Crippen LogP contribution >= 0.6 is 0 Å². The summed E-state index contributed by atoms with van der Waals surface area (Å²) in [6.45, 7) is 11.2. The molecule has 2 atom stereocenters. The standard InChI is InChI=1S/C18H31NO4/c1-14-7-8-17(23-14)12-19(11-16-6-5-9-21-16)10-15(20)13-22-18(2,3)4/h7-8,15-16,20H,5-6,9-13H2,1-4H3/t15-,16+/m0/s1. The molecule has 2 rings (SSSR count). The second kappa shape index (κ2) is 8.29. The first-order valence-corrected chi connectivity index (χ1v) is 8.53. The van der Waals surface area contributed by atoms with Crippen molar-refractivity contribution in [3.63, 3.8) is 0 Å². The van der Waals surface area contributed by atoms with E-state index in [0.717, 1.165) is 37.5 Å². The predicted octanol–water partition coefficient (Wildman–Crippen LogP) is 2.75. The third kappa shape index (κ3) is 7.04. The number of aryl methyl sites for hydroxylation is 1. The molecule has 0 amide bonds. The molecule has 0 aliphatic carbocycles. The Morgan fingerprint density at radius 1 is 1.39 bits per heavy atom. The van der Waals surface area contributed by atoms with Gasteiger partial charge in [0.1, 0.15) is 11.5 Å². The van der Waals surface area contributed by atoms with Gasteiger partial charge in [-0.05, 0) is 52.7 Å². The first-order valence-electron chi connectivity index (χ1n) is 8.53. The minimum atomic E-state index is -0.522. The van der Waals surface area contributed by atoms with E-state index in [-0.39, 0.29) is 11.7 Å². The Labute approximate surface area is 139 Å². The normalized spacial score (nSPS) is 20.3. The lowest BCUT2D eigenvalue weighted by atomic mass is 10.2. The Morgan fingerprint density at radius 3 is 2.74 bits per heavy atom. The van der Waals surface area contributed by atoms with E-state index in [9.17, 15) is 5.11 Å². The minimum Gasteiger partial charge on any atom is -0.465 e. The minimum absolute atomic E-state index is 0.238. The van der Waals surface area contributed by atoms with E-state index in [1.807, 2.05) is 39.8 Å². The number of rotatable bonds is 8. The van der Waals surface area contributed by atoms with Crippen LogP contribution in [0, 0.1) is 6.92 Å². The summed E-state index contributed by atoms with van der Waals surface area (Å²) in [6, 6.07) is 3.97. The maximum absolute atomic E-state index is 10.3. The van der Waals surface area contributed by atoms with E-state index in [4.69, 9.17) is 13.9 Å². The van der Waals surface area contributed by atoms with Gasteiger partial charge in [-0.3, -0.25) is 4.90 Å². The van der Waals surface area contributed by atoms with Crippen LogP contribution in [0.5, 0.6) is 0 Å². The summed E-state index contributed by atoms with van der Waals surface area (Å²) in [5, 5.41) is 10.3. The van der Waals surface area contributed by atoms with Crippen molar-refractivity contribution in [2.45, 2.75) is 64.9 Å². The summed E-state index contributed by atoms with van der Waals surface area (Å²) in [5.74, 6) is 1.83. The van der Waals surface area contributed by atoms with Gasteiger partial charge in [0.05, 0.1) is 31.0 Å². The summed E-state index contributed by atoms with van der Waals surface area (Å²) < 4.78 is 17.1. The van der Waals surface area contributed by atoms with E-state index < -0.39 is 6.10 Å². The lowest BCUT2D eigenvalue weighted by Crippen LogP contribution is -2.40. The molecule has 1 aromatic rings. The van der Waals surface area contributed by atoms with Gasteiger partial charge in [0, 0.05) is 19.7 Å². The highest BCUT2D eigenvalue weighted by Crippen LogP contribution is 2.17. The van der Waals surface area contributed by atoms with Crippen LogP contribution in [-0.2, 0) is 16.0 Å². The van der Waals surface area contributed by atoms with Gasteiger partial charge in [0.15, 0.2) is 0 Å². The van der Waals surface area contributed by atoms with E-state index in [1.54, 1.807) is 0 Å². The summed E-state index contributed by atoms with van der Waals surface area (Å²) in [6.07, 6.45) is 1.93. The van der Waals surface area contributed by atoms with Gasteiger partial charge in [-0.25, -0.2) is 0 Å². The zero-order chi connectivity index (χ0) is 16.9. The van der Waals surface area contributed by atoms with Crippen molar-refractivity contribution in [1.29, 1.82) is 0 Å². The molecule has 132 valence electrons. The summed E-state index contributed by atoms with van der Waals surface area (Å²) in [4.78, 5) is 2.20. The van der Waals surface area contributed by atoms with E-state index >= 15 is 0 Å². The van der Waals surface area contributed by atoms with Crippen molar-refractivity contribution in [1.82, 2.24) is 4.90 Å². The molecule has 0 bridgehead atoms. The van der Waals surface area contributed by atoms with Crippen LogP contribution in [0.15, 0.2) is 16.5 Å². The molecule has 0 saturated carbocycles. The Hall–Kier alpha value is -0.880. The molecule has 0 unspecified atom stereocenters. The van der Waals surface area contributed by atoms with Gasteiger partial charge in [-0.2, -0.15) is 0 Å². The first-order chi connectivity index (χ1) is 10.8. The Bertz CT molecular complexity index is 460. The number of aliphatic hydroxyl groups is 1. The molecule has 0 spiro atoms. The highest BCUT2D eigenvalue weighted by Gasteiger charge is 2.23. The Balaban J connectivity index is 1.89. The molecule has 0 aromatic carbocycles. The molecular weight excluding hydrogens is 294 g/mol. The molecule has 0 radical (unpaired) electrons. The number of furan rings is 1. The van der Waals surface area contributed by atoms with Crippen LogP contribution in [0.1, 0.15) is 45.1 Å². The topological polar surface area (TPSA) is 55.1 Å². The van der Waals surface area contributed by atoms with E-state index in [1.165, 1.54) is 0 Å². The van der Waals surface area contributed by atoms with Crippen molar-refractivity contribution in [3.8, 4) is 0 Å². The molecule has 1 aromatic heterocycles. The Morgan fingerprint density at radius 2 is 2.17 bits per heavy atom. The molecule has 5 nitrogen and oxygen atoms in total. The molecule has 1 N–H and O–H groups in total. The third-order valence-corrected chi connectivity index (χ3v) is 3.84. The fraction of sp³-hybridized carbons (Fsp3) is 0.778. The highest BCUT2D eigenvalue weighted by atomic mass is 16.5. The number of aliphatic hydroxyl groups excluding tert-OH is 1. The predicted molar refractivity (Wildman–Crippen MR) is 89.4 cm³/mol. The maximum atomic E-state index is 10.3. The number of hydrogen-bond donors (Lipinski definition) is 1. The van der Waals surface area contributed by atoms with Crippen LogP contribution in [-0.4, -0.2) is 54.1 Å². The second-order valence-electron chi connectivity index (χ2n) is 7.42. The van der Waals surface area contributed by atoms with Crippen molar-refractivity contribution in [2.24, 2.45) is 0 Å². The molecule has 1 aliphatic heterocycles. The molecular formula is C18H31NO4. The van der Waals surface area contributed by atoms with Gasteiger partial charge in [-0.1, -0.05) is 0 Å². The first kappa shape index (κ1) is 18.5. The molecule has 1 aliphatic rings. The molecule has 1 saturated heterocycles. The van der Waals surface area contributed by atoms with Crippen LogP contribution in [0.2, 0.25) is 0 Å². The Kier molecular flexibility index (Phi) is 6.65. The monoisotopic (exact) mass is 325 g/mol. The number of nitrogens with zero attached hydrogens (tertiary/aromatic N) is 1. The summed E-state index contributed by atoms with van der Waals surface area (Å²) in [7, 11) is 0. The summed E-state index contributed by atoms with van der Waals surface area (Å²) in [5.41, 5.74) is -0.238. The van der Waals surface area contributed by atoms with Crippen molar-refractivity contribution in [2.75, 3.05) is 26.3 Å². The molecule has 23 heavy (non-hydrogen) atoms. The van der Waals surface area contributed by atoms with Crippen molar-refractivity contribution >= 4 is 0 Å². The molecule has 1 fully saturated rings. The lowest BCUT2D eigenvalue weighted by molar-refractivity contribution is -0.0598. The lowest BCUT2D eigenvalue weighted by Gasteiger charge is -2.28. The largest absolute Gasteiger partial charge is 0.465 e. The van der Waals surface area contributed by atoms with Crippen molar-refractivity contribution < 1.29 is 19.0 Å². The fourth-order valence-electron chi connectivity index (χ4n) is 2.77. The maximum Gasteiger partial charge on any atom is 0.118 e. The van der Waals surface area contributed by atoms with E-state index in [2.05, 4.69) is 4.90 Å². The van der Waals surface area contributed by atoms with Gasteiger partial charge in [-0.15, -0.1) is 0 Å². The second-order valence-corrected chi connectivity index (χ2v) is 7.42. The van der Waals surface area contributed by atoms with Gasteiger partial charge in [0.2, 0.25) is 0 Å². The van der Waals surface area contributed by atoms with E-state index in [0.29, 0.717) is 19.7 Å². The van der Waals surface area contributed by atoms with Gasteiger partial charge in [0.25, 0.3) is 0 Å². The number of hydrogen-bond acceptors (Lipinski definition) is 5. The van der Waals surface area contributed by atoms with Crippen LogP contribution in [0.4, 0.5) is 0 Å². The summed E-state index contributed by atoms with van der Waals surface area (Å²) >= 11 is 0. The average molecular weight is 325 g/mol. The quantitative estimate of drug-likeness (QED) is 0.796. The van der Waals surface area contributed by atoms with Crippen LogP contribution in [0.25, 0.3) is 0 Å². The van der Waals surface area contributed by atoms with Crippen LogP contribution in [0.3, 0.4) is 0 Å². The fourth-order valence-corrected chi connectivity index (χ4v) is 2.77. The average Bonchev–Trinajstić information content (AvgIpc) is 3.08. The zero-order valence-corrected chi connectivity index (χ0v) is 14.9.